The van der Waals surface area contributed by atoms with E-state index >= 15 is 0 Å². The van der Waals surface area contributed by atoms with Crippen LogP contribution in [0.3, 0.4) is 0 Å². The zero-order valence-electron chi connectivity index (χ0n) is 32.9. The van der Waals surface area contributed by atoms with Gasteiger partial charge in [-0.2, -0.15) is 11.8 Å². The summed E-state index contributed by atoms with van der Waals surface area (Å²) in [5.74, 6) is -6.21. The molecular weight excluding hydrogens is 783 g/mol. The Morgan fingerprint density at radius 3 is 2.05 bits per heavy atom. The Hall–Kier alpha value is -5.19. The lowest BCUT2D eigenvalue weighted by Gasteiger charge is -2.20. The maximum Gasteiger partial charge on any atom is 0.315 e. The van der Waals surface area contributed by atoms with Gasteiger partial charge in [-0.05, 0) is 50.9 Å². The molecule has 22 nitrogen and oxygen atoms in total. The van der Waals surface area contributed by atoms with Gasteiger partial charge in [-0.1, -0.05) is 20.3 Å². The van der Waals surface area contributed by atoms with Crippen molar-refractivity contribution in [3.8, 4) is 0 Å². The number of carbonyl (C=O) groups excluding carboxylic acids is 10. The first-order valence-electron chi connectivity index (χ1n) is 19.4. The topological polar surface area (TPSA) is 351 Å². The van der Waals surface area contributed by atoms with Crippen LogP contribution in [0.1, 0.15) is 84.5 Å². The largest absolute Gasteiger partial charge is 0.370 e. The standard InChI is InChI=1S/C35H59N11O11S/c1-19(2)13-20(14-27(49)46-57)33(54)40-17-30(52)43-22(10-11-25(36)47)34(55)41-15-28(50)39-16-29(51)42-21(32(37)53)7-5-6-12-38-26(48)9-4-3-8-24-31-23(18-58-24)44-35(56)45-31/h19-24,31,57H,3-18H2,1-2H3,(H2,36,47)(H2,37,53)(H,38,48)(H,39,50)(H,40,54)(H,41,55)(H,42,51)(H,43,52)(H,46,49)(H2,44,45,56)/t20?,21-,22-,23-,24-,31-/m0/s1. The molecule has 0 aliphatic carbocycles. The van der Waals surface area contributed by atoms with E-state index in [0.717, 1.165) is 25.0 Å². The smallest absolute Gasteiger partial charge is 0.315 e. The van der Waals surface area contributed by atoms with E-state index in [1.54, 1.807) is 0 Å². The minimum atomic E-state index is -1.33. The van der Waals surface area contributed by atoms with Gasteiger partial charge in [0.15, 0.2) is 0 Å². The molecule has 11 amide bonds. The lowest BCUT2D eigenvalue weighted by atomic mass is 9.93. The predicted octanol–water partition coefficient (Wildman–Crippen LogP) is -3.37. The third-order valence-electron chi connectivity index (χ3n) is 9.31. The Balaban J connectivity index is 1.67. The van der Waals surface area contributed by atoms with Gasteiger partial charge in [-0.25, -0.2) is 10.3 Å². The van der Waals surface area contributed by atoms with Crippen molar-refractivity contribution in [3.05, 3.63) is 0 Å². The number of hydroxylamine groups is 1. The summed E-state index contributed by atoms with van der Waals surface area (Å²) in [5, 5.41) is 29.6. The van der Waals surface area contributed by atoms with Gasteiger partial charge in [0.05, 0.1) is 31.7 Å². The number of rotatable bonds is 28. The molecule has 14 N–H and O–H groups in total. The van der Waals surface area contributed by atoms with Gasteiger partial charge >= 0.3 is 6.03 Å². The van der Waals surface area contributed by atoms with Crippen LogP contribution in [0.15, 0.2) is 0 Å². The zero-order valence-corrected chi connectivity index (χ0v) is 33.8. The number of amides is 11. The minimum absolute atomic E-state index is 0.0142. The van der Waals surface area contributed by atoms with Crippen LogP contribution >= 0.6 is 11.8 Å². The fourth-order valence-electron chi connectivity index (χ4n) is 6.36. The van der Waals surface area contributed by atoms with Crippen molar-refractivity contribution in [1.82, 2.24) is 48.0 Å². The van der Waals surface area contributed by atoms with E-state index < -0.39 is 84.9 Å². The van der Waals surface area contributed by atoms with Crippen LogP contribution in [0.5, 0.6) is 0 Å². The average molecular weight is 842 g/mol. The molecule has 0 aromatic heterocycles. The summed E-state index contributed by atoms with van der Waals surface area (Å²) in [6, 6.07) is -2.20. The zero-order chi connectivity index (χ0) is 43.2. The molecule has 0 aromatic carbocycles. The van der Waals surface area contributed by atoms with Crippen molar-refractivity contribution in [3.63, 3.8) is 0 Å². The molecule has 0 saturated carbocycles. The fourth-order valence-corrected chi connectivity index (χ4v) is 7.90. The van der Waals surface area contributed by atoms with Gasteiger partial charge in [-0.15, -0.1) is 0 Å². The highest BCUT2D eigenvalue weighted by Gasteiger charge is 2.42. The van der Waals surface area contributed by atoms with E-state index in [9.17, 15) is 47.9 Å². The molecule has 58 heavy (non-hydrogen) atoms. The Morgan fingerprint density at radius 1 is 0.741 bits per heavy atom. The normalized spacial score (nSPS) is 18.3. The highest BCUT2D eigenvalue weighted by Crippen LogP contribution is 2.33. The highest BCUT2D eigenvalue weighted by molar-refractivity contribution is 8.00. The van der Waals surface area contributed by atoms with E-state index in [2.05, 4.69) is 42.5 Å². The van der Waals surface area contributed by atoms with Gasteiger partial charge in [0.1, 0.15) is 12.1 Å². The first-order chi connectivity index (χ1) is 27.5. The summed E-state index contributed by atoms with van der Waals surface area (Å²) >= 11 is 1.83. The molecule has 23 heteroatoms. The molecule has 326 valence electrons. The molecule has 2 aliphatic rings. The number of fused-ring (bicyclic) bond motifs is 1. The summed E-state index contributed by atoms with van der Waals surface area (Å²) in [6.45, 7) is 2.25. The SMILES string of the molecule is CC(C)CC(CC(=O)NO)C(=O)NCC(=O)N[C@@H](CCC(N)=O)C(=O)NCC(=O)NCC(=O)N[C@@H](CCCCNC(=O)CCCC[C@@H]1SC[C@@H]2NC(=O)N[C@@H]21)C(N)=O. The summed E-state index contributed by atoms with van der Waals surface area (Å²) in [5.41, 5.74) is 12.1. The van der Waals surface area contributed by atoms with E-state index in [1.807, 2.05) is 25.6 Å². The molecule has 1 unspecified atom stereocenters. The molecule has 6 atom stereocenters. The number of unbranched alkanes of at least 4 members (excludes halogenated alkanes) is 2. The van der Waals surface area contributed by atoms with Crippen molar-refractivity contribution in [2.75, 3.05) is 31.9 Å². The van der Waals surface area contributed by atoms with Gasteiger partial charge in [0.2, 0.25) is 53.2 Å². The van der Waals surface area contributed by atoms with Gasteiger partial charge < -0.3 is 54.0 Å². The molecule has 2 aliphatic heterocycles. The molecule has 2 saturated heterocycles. The van der Waals surface area contributed by atoms with Crippen molar-refractivity contribution >= 4 is 71.0 Å². The number of nitrogens with one attached hydrogen (secondary N) is 9. The fraction of sp³-hybridized carbons (Fsp3) is 0.714. The van der Waals surface area contributed by atoms with Crippen LogP contribution < -0.4 is 59.5 Å². The minimum Gasteiger partial charge on any atom is -0.370 e. The number of thioether (sulfide) groups is 1. The number of hydrogen-bond donors (Lipinski definition) is 12. The second-order valence-corrected chi connectivity index (χ2v) is 15.9. The maximum absolute atomic E-state index is 12.8. The van der Waals surface area contributed by atoms with E-state index in [4.69, 9.17) is 16.7 Å². The van der Waals surface area contributed by atoms with Crippen LogP contribution in [0.25, 0.3) is 0 Å². The number of hydrogen-bond acceptors (Lipinski definition) is 12. The van der Waals surface area contributed by atoms with Crippen molar-refractivity contribution in [2.24, 2.45) is 23.3 Å². The third-order valence-corrected chi connectivity index (χ3v) is 10.8. The van der Waals surface area contributed by atoms with Crippen LogP contribution in [0.2, 0.25) is 0 Å². The monoisotopic (exact) mass is 841 g/mol. The number of carbonyl (C=O) groups is 10. The molecule has 0 radical (unpaired) electrons. The predicted molar refractivity (Wildman–Crippen MR) is 209 cm³/mol. The van der Waals surface area contributed by atoms with Crippen LogP contribution in [0, 0.1) is 11.8 Å². The molecule has 0 bridgehead atoms. The number of nitrogens with two attached hydrogens (primary N) is 2. The number of primary amides is 2. The first kappa shape index (κ1) is 49.0. The first-order valence-corrected chi connectivity index (χ1v) is 20.4. The number of urea groups is 1. The lowest BCUT2D eigenvalue weighted by molar-refractivity contribution is -0.136. The summed E-state index contributed by atoms with van der Waals surface area (Å²) < 4.78 is 0. The summed E-state index contributed by atoms with van der Waals surface area (Å²) in [7, 11) is 0. The second kappa shape index (κ2) is 25.9. The highest BCUT2D eigenvalue weighted by atomic mass is 32.2. The average Bonchev–Trinajstić information content (AvgIpc) is 3.72. The van der Waals surface area contributed by atoms with Crippen LogP contribution in [-0.2, 0) is 43.2 Å². The molecule has 0 aromatic rings. The quantitative estimate of drug-likeness (QED) is 0.0159. The van der Waals surface area contributed by atoms with Gasteiger partial charge in [0, 0.05) is 42.7 Å². The third kappa shape index (κ3) is 19.3. The van der Waals surface area contributed by atoms with Crippen LogP contribution in [0.4, 0.5) is 4.79 Å². The van der Waals surface area contributed by atoms with Crippen molar-refractivity contribution in [1.29, 1.82) is 0 Å². The summed E-state index contributed by atoms with van der Waals surface area (Å²) in [6.07, 6.45) is 3.45. The molecule has 2 rings (SSSR count). The van der Waals surface area contributed by atoms with Crippen molar-refractivity contribution in [2.45, 2.75) is 114 Å². The Bertz CT molecular complexity index is 1480. The Kier molecular flexibility index (Phi) is 21.9. The van der Waals surface area contributed by atoms with Crippen molar-refractivity contribution < 1.29 is 53.2 Å². The van der Waals surface area contributed by atoms with Crippen LogP contribution in [-0.4, -0.2) is 126 Å². The molecule has 2 fully saturated rings. The maximum atomic E-state index is 12.8. The van der Waals surface area contributed by atoms with Gasteiger partial charge in [0.25, 0.3) is 0 Å². The second-order valence-electron chi connectivity index (χ2n) is 14.6. The van der Waals surface area contributed by atoms with E-state index in [0.29, 0.717) is 31.1 Å². The molecular formula is C35H59N11O11S. The Morgan fingerprint density at radius 2 is 1.40 bits per heavy atom. The van der Waals surface area contributed by atoms with Gasteiger partial charge in [-0.3, -0.25) is 48.4 Å². The lowest BCUT2D eigenvalue weighted by Crippen LogP contribution is -2.52. The Labute approximate surface area is 340 Å². The van der Waals surface area contributed by atoms with E-state index in [1.165, 1.54) is 5.48 Å². The van der Waals surface area contributed by atoms with E-state index in [-0.39, 0.29) is 62.0 Å². The molecule has 2 heterocycles. The summed E-state index contributed by atoms with van der Waals surface area (Å²) in [4.78, 5) is 122. The molecule has 0 spiro atoms.